The molecule has 3 rings (SSSR count). The Hall–Kier alpha value is -2.55. The van der Waals surface area contributed by atoms with Crippen molar-refractivity contribution in [1.29, 1.82) is 5.41 Å². The number of nitrogens with zero attached hydrogens (tertiary/aromatic N) is 4. The fraction of sp³-hybridized carbons (Fsp3) is 0.591. The van der Waals surface area contributed by atoms with Crippen molar-refractivity contribution in [2.45, 2.75) is 59.0 Å². The molecule has 0 amide bonds. The number of hydrogen-bond donors (Lipinski definition) is 3. The SMILES string of the molecule is CNc1nc(C)cc(N2CCc3c(c(C)nn3CCCCCNCC(F)F)C2)c1C=N. The van der Waals surface area contributed by atoms with Crippen LogP contribution in [0.1, 0.15) is 47.5 Å². The summed E-state index contributed by atoms with van der Waals surface area (Å²) in [5.41, 5.74) is 6.37. The minimum Gasteiger partial charge on any atom is -0.373 e. The van der Waals surface area contributed by atoms with Crippen molar-refractivity contribution in [1.82, 2.24) is 20.1 Å². The maximum absolute atomic E-state index is 12.1. The smallest absolute Gasteiger partial charge is 0.250 e. The number of alkyl halides is 2. The van der Waals surface area contributed by atoms with Gasteiger partial charge in [-0.2, -0.15) is 5.10 Å². The van der Waals surface area contributed by atoms with Crippen LogP contribution in [0.3, 0.4) is 0 Å². The highest BCUT2D eigenvalue weighted by atomic mass is 19.3. The van der Waals surface area contributed by atoms with Crippen LogP contribution in [0, 0.1) is 19.3 Å². The second-order valence-corrected chi connectivity index (χ2v) is 8.00. The van der Waals surface area contributed by atoms with E-state index in [1.54, 1.807) is 0 Å². The predicted octanol–water partition coefficient (Wildman–Crippen LogP) is 3.52. The third kappa shape index (κ3) is 5.58. The maximum Gasteiger partial charge on any atom is 0.250 e. The van der Waals surface area contributed by atoms with Crippen LogP contribution in [-0.4, -0.2) is 54.1 Å². The Morgan fingerprint density at radius 2 is 2.06 bits per heavy atom. The number of aryl methyl sites for hydroxylation is 3. The molecule has 3 heterocycles. The van der Waals surface area contributed by atoms with Crippen molar-refractivity contribution in [3.05, 3.63) is 34.3 Å². The number of nitrogens with one attached hydrogen (secondary N) is 3. The van der Waals surface area contributed by atoms with E-state index >= 15 is 0 Å². The standard InChI is InChI=1S/C22H33F2N7/c1-15-11-20(17(12-25)22(26-3)28-15)30-10-7-19-18(14-30)16(2)29-31(19)9-6-4-5-8-27-13-21(23)24/h11-12,21,25,27H,4-10,13-14H2,1-3H3,(H,26,28). The van der Waals surface area contributed by atoms with Crippen molar-refractivity contribution in [2.24, 2.45) is 0 Å². The summed E-state index contributed by atoms with van der Waals surface area (Å²) in [7, 11) is 1.83. The summed E-state index contributed by atoms with van der Waals surface area (Å²) in [5.74, 6) is 0.728. The maximum atomic E-state index is 12.1. The van der Waals surface area contributed by atoms with Gasteiger partial charge in [0.05, 0.1) is 23.5 Å². The summed E-state index contributed by atoms with van der Waals surface area (Å²) < 4.78 is 26.4. The molecule has 170 valence electrons. The molecule has 0 saturated carbocycles. The van der Waals surface area contributed by atoms with Gasteiger partial charge in [-0.05, 0) is 39.3 Å². The van der Waals surface area contributed by atoms with E-state index in [0.717, 1.165) is 73.8 Å². The molecular weight excluding hydrogens is 400 g/mol. The molecule has 0 aliphatic carbocycles. The Morgan fingerprint density at radius 1 is 1.26 bits per heavy atom. The number of fused-ring (bicyclic) bond motifs is 1. The van der Waals surface area contributed by atoms with Crippen LogP contribution in [0.4, 0.5) is 20.3 Å². The van der Waals surface area contributed by atoms with Gasteiger partial charge in [-0.25, -0.2) is 13.8 Å². The lowest BCUT2D eigenvalue weighted by molar-refractivity contribution is 0.146. The molecule has 2 aromatic heterocycles. The third-order valence-corrected chi connectivity index (χ3v) is 5.74. The van der Waals surface area contributed by atoms with E-state index in [2.05, 4.69) is 32.1 Å². The van der Waals surface area contributed by atoms with Crippen molar-refractivity contribution in [3.8, 4) is 0 Å². The van der Waals surface area contributed by atoms with Crippen LogP contribution in [0.25, 0.3) is 0 Å². The first-order chi connectivity index (χ1) is 14.9. The molecule has 1 aliphatic heterocycles. The van der Waals surface area contributed by atoms with Gasteiger partial charge in [-0.1, -0.05) is 6.42 Å². The summed E-state index contributed by atoms with van der Waals surface area (Å²) >= 11 is 0. The highest BCUT2D eigenvalue weighted by molar-refractivity contribution is 5.92. The predicted molar refractivity (Wildman–Crippen MR) is 121 cm³/mol. The molecule has 0 aromatic carbocycles. The molecule has 0 bridgehead atoms. The molecule has 1 aliphatic rings. The largest absolute Gasteiger partial charge is 0.373 e. The van der Waals surface area contributed by atoms with Crippen molar-refractivity contribution in [3.63, 3.8) is 0 Å². The summed E-state index contributed by atoms with van der Waals surface area (Å²) in [4.78, 5) is 6.82. The number of unbranched alkanes of at least 4 members (excludes halogenated alkanes) is 2. The molecular formula is C22H33F2N7. The molecule has 0 radical (unpaired) electrons. The van der Waals surface area contributed by atoms with E-state index in [0.29, 0.717) is 6.54 Å². The van der Waals surface area contributed by atoms with E-state index in [1.807, 2.05) is 20.0 Å². The molecule has 9 heteroatoms. The van der Waals surface area contributed by atoms with Crippen LogP contribution >= 0.6 is 0 Å². The van der Waals surface area contributed by atoms with Gasteiger partial charge in [-0.3, -0.25) is 4.68 Å². The zero-order chi connectivity index (χ0) is 22.4. The first kappa shape index (κ1) is 23.1. The Morgan fingerprint density at radius 3 is 2.77 bits per heavy atom. The Labute approximate surface area is 182 Å². The van der Waals surface area contributed by atoms with E-state index in [1.165, 1.54) is 17.5 Å². The van der Waals surface area contributed by atoms with Crippen molar-refractivity contribution in [2.75, 3.05) is 36.9 Å². The van der Waals surface area contributed by atoms with Gasteiger partial charge in [0.25, 0.3) is 6.43 Å². The zero-order valence-corrected chi connectivity index (χ0v) is 18.6. The lowest BCUT2D eigenvalue weighted by Gasteiger charge is -2.31. The second-order valence-electron chi connectivity index (χ2n) is 8.00. The first-order valence-electron chi connectivity index (χ1n) is 10.9. The summed E-state index contributed by atoms with van der Waals surface area (Å²) in [6.07, 6.45) is 2.86. The fourth-order valence-corrected chi connectivity index (χ4v) is 4.21. The van der Waals surface area contributed by atoms with Gasteiger partial charge in [0.2, 0.25) is 0 Å². The molecule has 0 atom stereocenters. The van der Waals surface area contributed by atoms with Crippen molar-refractivity contribution >= 4 is 17.7 Å². The molecule has 31 heavy (non-hydrogen) atoms. The zero-order valence-electron chi connectivity index (χ0n) is 18.6. The highest BCUT2D eigenvalue weighted by Crippen LogP contribution is 2.31. The van der Waals surface area contributed by atoms with Gasteiger partial charge in [-0.15, -0.1) is 0 Å². The van der Waals surface area contributed by atoms with Crippen LogP contribution < -0.4 is 15.5 Å². The molecule has 3 N–H and O–H groups in total. The minimum absolute atomic E-state index is 0.227. The molecule has 0 spiro atoms. The number of rotatable bonds is 11. The highest BCUT2D eigenvalue weighted by Gasteiger charge is 2.25. The van der Waals surface area contributed by atoms with Crippen LogP contribution in [-0.2, 0) is 19.5 Å². The van der Waals surface area contributed by atoms with E-state index < -0.39 is 6.43 Å². The lowest BCUT2D eigenvalue weighted by Crippen LogP contribution is -2.32. The number of hydrogen-bond acceptors (Lipinski definition) is 6. The first-order valence-corrected chi connectivity index (χ1v) is 10.9. The van der Waals surface area contributed by atoms with Gasteiger partial charge in [0.15, 0.2) is 0 Å². The summed E-state index contributed by atoms with van der Waals surface area (Å²) in [6.45, 7) is 6.92. The summed E-state index contributed by atoms with van der Waals surface area (Å²) in [6, 6.07) is 2.05. The monoisotopic (exact) mass is 433 g/mol. The van der Waals surface area contributed by atoms with Crippen LogP contribution in [0.5, 0.6) is 0 Å². The molecule has 0 saturated heterocycles. The molecule has 7 nitrogen and oxygen atoms in total. The lowest BCUT2D eigenvalue weighted by atomic mass is 10.0. The van der Waals surface area contributed by atoms with Gasteiger partial charge >= 0.3 is 0 Å². The Kier molecular flexibility index (Phi) is 7.95. The van der Waals surface area contributed by atoms with Crippen molar-refractivity contribution < 1.29 is 8.78 Å². The number of aromatic nitrogens is 3. The normalized spacial score (nSPS) is 13.5. The van der Waals surface area contributed by atoms with E-state index in [4.69, 9.17) is 10.5 Å². The van der Waals surface area contributed by atoms with Gasteiger partial charge in [0, 0.05) is 56.3 Å². The van der Waals surface area contributed by atoms with E-state index in [-0.39, 0.29) is 6.54 Å². The Balaban J connectivity index is 1.64. The second kappa shape index (κ2) is 10.7. The quantitative estimate of drug-likeness (QED) is 0.373. The van der Waals surface area contributed by atoms with Gasteiger partial charge < -0.3 is 20.9 Å². The molecule has 2 aromatic rings. The van der Waals surface area contributed by atoms with E-state index in [9.17, 15) is 8.78 Å². The number of anilines is 2. The fourth-order valence-electron chi connectivity index (χ4n) is 4.21. The number of pyridine rings is 1. The van der Waals surface area contributed by atoms with Crippen LogP contribution in [0.2, 0.25) is 0 Å². The van der Waals surface area contributed by atoms with Gasteiger partial charge in [0.1, 0.15) is 5.82 Å². The Bertz CT molecular complexity index is 894. The minimum atomic E-state index is -2.28. The average Bonchev–Trinajstić information content (AvgIpc) is 3.07. The molecule has 0 unspecified atom stereocenters. The molecule has 0 fully saturated rings. The van der Waals surface area contributed by atoms with Crippen LogP contribution in [0.15, 0.2) is 6.07 Å². The summed E-state index contributed by atoms with van der Waals surface area (Å²) in [5, 5.41) is 18.5. The topological polar surface area (TPSA) is 81.9 Å². The average molecular weight is 434 g/mol. The number of halogens is 2. The third-order valence-electron chi connectivity index (χ3n) is 5.74.